The standard InChI is InChI=1S/C21H25N3OS/c1-13(2)24-10-9-16-17(12-24)26-21-18(16)20(25)22-19(23-21)14(3)11-15-7-5-4-6-8-15/h4-8,11,13,19,23H,9-10,12H2,1-3H3,(H,22,25)/p+1/b14-11-/t19-/m0/s1. The molecule has 2 aliphatic rings. The molecule has 1 aromatic carbocycles. The lowest BCUT2D eigenvalue weighted by Gasteiger charge is -2.29. The van der Waals surface area contributed by atoms with Gasteiger partial charge in [-0.1, -0.05) is 36.4 Å². The van der Waals surface area contributed by atoms with E-state index in [-0.39, 0.29) is 12.1 Å². The molecule has 1 amide bonds. The lowest BCUT2D eigenvalue weighted by atomic mass is 9.99. The topological polar surface area (TPSA) is 45.6 Å². The van der Waals surface area contributed by atoms with E-state index in [1.165, 1.54) is 10.4 Å². The summed E-state index contributed by atoms with van der Waals surface area (Å²) in [7, 11) is 0. The number of thiophene rings is 1. The van der Waals surface area contributed by atoms with Gasteiger partial charge >= 0.3 is 0 Å². The van der Waals surface area contributed by atoms with E-state index in [1.807, 2.05) is 18.2 Å². The van der Waals surface area contributed by atoms with E-state index in [1.54, 1.807) is 16.2 Å². The zero-order valence-corrected chi connectivity index (χ0v) is 16.4. The lowest BCUT2D eigenvalue weighted by Crippen LogP contribution is -3.14. The molecule has 0 fully saturated rings. The van der Waals surface area contributed by atoms with Gasteiger partial charge in [0.1, 0.15) is 17.7 Å². The summed E-state index contributed by atoms with van der Waals surface area (Å²) >= 11 is 1.77. The number of rotatable bonds is 3. The highest BCUT2D eigenvalue weighted by atomic mass is 32.1. The van der Waals surface area contributed by atoms with Crippen LogP contribution in [0.4, 0.5) is 5.00 Å². The van der Waals surface area contributed by atoms with E-state index < -0.39 is 0 Å². The molecule has 3 heterocycles. The molecule has 2 atom stereocenters. The molecule has 0 bridgehead atoms. The Hall–Kier alpha value is -2.11. The number of hydrogen-bond donors (Lipinski definition) is 3. The monoisotopic (exact) mass is 368 g/mol. The maximum atomic E-state index is 12.8. The van der Waals surface area contributed by atoms with Crippen molar-refractivity contribution in [3.05, 3.63) is 57.5 Å². The van der Waals surface area contributed by atoms with E-state index in [2.05, 4.69) is 49.6 Å². The van der Waals surface area contributed by atoms with Gasteiger partial charge in [0.2, 0.25) is 0 Å². The fourth-order valence-corrected chi connectivity index (χ4v) is 5.15. The Bertz CT molecular complexity index is 854. The normalized spacial score (nSPS) is 22.5. The van der Waals surface area contributed by atoms with Crippen LogP contribution in [-0.2, 0) is 13.0 Å². The third-order valence-electron chi connectivity index (χ3n) is 5.42. The molecule has 1 unspecified atom stereocenters. The van der Waals surface area contributed by atoms with Gasteiger partial charge in [-0.2, -0.15) is 0 Å². The van der Waals surface area contributed by atoms with E-state index >= 15 is 0 Å². The molecule has 2 aliphatic heterocycles. The molecule has 3 N–H and O–H groups in total. The van der Waals surface area contributed by atoms with Crippen LogP contribution < -0.4 is 15.5 Å². The van der Waals surface area contributed by atoms with Crippen LogP contribution in [0.15, 0.2) is 35.9 Å². The zero-order chi connectivity index (χ0) is 18.3. The van der Waals surface area contributed by atoms with Crippen LogP contribution in [0.2, 0.25) is 0 Å². The highest BCUT2D eigenvalue weighted by Crippen LogP contribution is 2.37. The molecule has 1 aromatic heterocycles. The van der Waals surface area contributed by atoms with Gasteiger partial charge in [0.15, 0.2) is 0 Å². The largest absolute Gasteiger partial charge is 0.353 e. The first kappa shape index (κ1) is 17.3. The molecule has 26 heavy (non-hydrogen) atoms. The van der Waals surface area contributed by atoms with Gasteiger partial charge in [-0.05, 0) is 37.5 Å². The first-order valence-electron chi connectivity index (χ1n) is 9.32. The predicted molar refractivity (Wildman–Crippen MR) is 108 cm³/mol. The van der Waals surface area contributed by atoms with Crippen molar-refractivity contribution in [1.82, 2.24) is 5.32 Å². The highest BCUT2D eigenvalue weighted by Gasteiger charge is 2.34. The number of amides is 1. The van der Waals surface area contributed by atoms with Crippen LogP contribution >= 0.6 is 11.3 Å². The minimum atomic E-state index is -0.149. The number of quaternary nitrogens is 1. The Balaban J connectivity index is 1.60. The Morgan fingerprint density at radius 1 is 1.27 bits per heavy atom. The van der Waals surface area contributed by atoms with Gasteiger partial charge < -0.3 is 15.5 Å². The number of carbonyl (C=O) groups is 1. The summed E-state index contributed by atoms with van der Waals surface area (Å²) in [6, 6.07) is 10.8. The molecule has 136 valence electrons. The number of anilines is 1. The van der Waals surface area contributed by atoms with Crippen LogP contribution in [0.1, 0.15) is 47.1 Å². The Morgan fingerprint density at radius 3 is 2.77 bits per heavy atom. The quantitative estimate of drug-likeness (QED) is 0.780. The minimum absolute atomic E-state index is 0.0649. The fourth-order valence-electron chi connectivity index (χ4n) is 3.83. The molecule has 2 aromatic rings. The predicted octanol–water partition coefficient (Wildman–Crippen LogP) is 2.68. The van der Waals surface area contributed by atoms with Crippen molar-refractivity contribution >= 4 is 28.3 Å². The Labute approximate surface area is 158 Å². The average molecular weight is 369 g/mol. The molecule has 5 heteroatoms. The van der Waals surface area contributed by atoms with Crippen LogP contribution in [0.3, 0.4) is 0 Å². The lowest BCUT2D eigenvalue weighted by molar-refractivity contribution is -0.936. The number of benzene rings is 1. The van der Waals surface area contributed by atoms with Crippen LogP contribution in [0, 0.1) is 0 Å². The van der Waals surface area contributed by atoms with Crippen LogP contribution in [0.25, 0.3) is 6.08 Å². The van der Waals surface area contributed by atoms with E-state index in [9.17, 15) is 4.79 Å². The van der Waals surface area contributed by atoms with Crippen molar-refractivity contribution in [3.63, 3.8) is 0 Å². The molecular formula is C21H26N3OS+. The van der Waals surface area contributed by atoms with Crippen molar-refractivity contribution in [2.45, 2.75) is 45.9 Å². The smallest absolute Gasteiger partial charge is 0.256 e. The average Bonchev–Trinajstić information content (AvgIpc) is 3.00. The van der Waals surface area contributed by atoms with Crippen molar-refractivity contribution in [2.24, 2.45) is 0 Å². The second-order valence-corrected chi connectivity index (χ2v) is 8.65. The summed E-state index contributed by atoms with van der Waals surface area (Å²) in [5, 5.41) is 7.74. The maximum absolute atomic E-state index is 12.8. The third-order valence-corrected chi connectivity index (χ3v) is 6.58. The van der Waals surface area contributed by atoms with Crippen molar-refractivity contribution < 1.29 is 9.69 Å². The highest BCUT2D eigenvalue weighted by molar-refractivity contribution is 7.16. The van der Waals surface area contributed by atoms with Gasteiger partial charge in [-0.3, -0.25) is 4.79 Å². The number of hydrogen-bond acceptors (Lipinski definition) is 3. The van der Waals surface area contributed by atoms with Gasteiger partial charge in [0, 0.05) is 6.42 Å². The molecule has 0 saturated heterocycles. The summed E-state index contributed by atoms with van der Waals surface area (Å²) in [4.78, 5) is 15.8. The molecule has 4 rings (SSSR count). The Morgan fingerprint density at radius 2 is 2.04 bits per heavy atom. The van der Waals surface area contributed by atoms with Crippen LogP contribution in [0.5, 0.6) is 0 Å². The zero-order valence-electron chi connectivity index (χ0n) is 15.6. The molecular weight excluding hydrogens is 342 g/mol. The van der Waals surface area contributed by atoms with Crippen molar-refractivity contribution in [1.29, 1.82) is 0 Å². The first-order chi connectivity index (χ1) is 12.5. The molecule has 0 aliphatic carbocycles. The van der Waals surface area contributed by atoms with Crippen molar-refractivity contribution in [3.8, 4) is 0 Å². The van der Waals surface area contributed by atoms with Crippen molar-refractivity contribution in [2.75, 3.05) is 11.9 Å². The minimum Gasteiger partial charge on any atom is -0.353 e. The third kappa shape index (κ3) is 3.17. The van der Waals surface area contributed by atoms with Crippen LogP contribution in [-0.4, -0.2) is 24.7 Å². The fraction of sp³-hybridized carbons (Fsp3) is 0.381. The maximum Gasteiger partial charge on any atom is 0.256 e. The Kier molecular flexibility index (Phi) is 4.59. The SMILES string of the molecule is C/C(=C/c1ccccc1)[C@H]1NC(=O)c2c(sc3c2CC[NH+](C(C)C)C3)N1. The van der Waals surface area contributed by atoms with E-state index in [0.717, 1.165) is 41.2 Å². The van der Waals surface area contributed by atoms with Gasteiger partial charge in [0.25, 0.3) is 5.91 Å². The number of fused-ring (bicyclic) bond motifs is 3. The summed E-state index contributed by atoms with van der Waals surface area (Å²) < 4.78 is 0. The summed E-state index contributed by atoms with van der Waals surface area (Å²) in [5.41, 5.74) is 4.41. The summed E-state index contributed by atoms with van der Waals surface area (Å²) in [6.45, 7) is 8.74. The second-order valence-electron chi connectivity index (χ2n) is 7.55. The van der Waals surface area contributed by atoms with Gasteiger partial charge in [-0.25, -0.2) is 0 Å². The van der Waals surface area contributed by atoms with Gasteiger partial charge in [0.05, 0.1) is 23.0 Å². The molecule has 4 nitrogen and oxygen atoms in total. The molecule has 0 spiro atoms. The number of carbonyl (C=O) groups excluding carboxylic acids is 1. The second kappa shape index (κ2) is 6.89. The first-order valence-corrected chi connectivity index (χ1v) is 10.1. The number of nitrogens with one attached hydrogen (secondary N) is 3. The van der Waals surface area contributed by atoms with Gasteiger partial charge in [-0.15, -0.1) is 11.3 Å². The van der Waals surface area contributed by atoms with E-state index in [0.29, 0.717) is 6.04 Å². The van der Waals surface area contributed by atoms with E-state index in [4.69, 9.17) is 0 Å². The molecule has 0 saturated carbocycles. The summed E-state index contributed by atoms with van der Waals surface area (Å²) in [6.07, 6.45) is 2.97. The summed E-state index contributed by atoms with van der Waals surface area (Å²) in [5.74, 6) is 0.0649. The molecule has 0 radical (unpaired) electrons.